The molecule has 2 heteroatoms. The molecule has 0 spiro atoms. The summed E-state index contributed by atoms with van der Waals surface area (Å²) in [7, 11) is 0. The molecule has 88 valence electrons. The number of aryl methyl sites for hydroxylation is 2. The van der Waals surface area contributed by atoms with Crippen LogP contribution in [-0.4, -0.2) is 6.04 Å². The molecule has 1 atom stereocenters. The van der Waals surface area contributed by atoms with Crippen LogP contribution < -0.4 is 11.3 Å². The molecule has 0 aliphatic heterocycles. The molecule has 0 saturated heterocycles. The van der Waals surface area contributed by atoms with E-state index in [4.69, 9.17) is 5.84 Å². The predicted molar refractivity (Wildman–Crippen MR) is 70.0 cm³/mol. The van der Waals surface area contributed by atoms with E-state index in [2.05, 4.69) is 43.2 Å². The molecule has 0 fully saturated rings. The summed E-state index contributed by atoms with van der Waals surface area (Å²) >= 11 is 0. The lowest BCUT2D eigenvalue weighted by molar-refractivity contribution is 0.490. The van der Waals surface area contributed by atoms with Crippen molar-refractivity contribution < 1.29 is 0 Å². The molecule has 0 radical (unpaired) electrons. The molecule has 1 unspecified atom stereocenters. The van der Waals surface area contributed by atoms with Gasteiger partial charge >= 0.3 is 0 Å². The molecule has 0 amide bonds. The normalized spacial score (nSPS) is 12.4. The Kier molecular flexibility index (Phi) is 5.23. The summed E-state index contributed by atoms with van der Waals surface area (Å²) in [5.41, 5.74) is 6.70. The molecule has 1 aromatic carbocycles. The van der Waals surface area contributed by atoms with E-state index in [1.54, 1.807) is 0 Å². The van der Waals surface area contributed by atoms with Crippen molar-refractivity contribution in [2.75, 3.05) is 0 Å². The summed E-state index contributed by atoms with van der Waals surface area (Å²) in [6.45, 7) is 8.06. The summed E-state index contributed by atoms with van der Waals surface area (Å²) in [6, 6.07) is 9.00. The maximum Gasteiger partial charge on any atom is 0.0250 e. The van der Waals surface area contributed by atoms with Crippen LogP contribution in [0.4, 0.5) is 0 Å². The molecule has 2 nitrogen and oxygen atoms in total. The molecule has 0 saturated carbocycles. The molecule has 16 heavy (non-hydrogen) atoms. The van der Waals surface area contributed by atoms with Crippen LogP contribution >= 0.6 is 0 Å². The number of hydrogen-bond donors (Lipinski definition) is 2. The Morgan fingerprint density at radius 3 is 2.50 bits per heavy atom. The molecule has 0 heterocycles. The molecular formula is C14H22N2. The number of nitrogens with one attached hydrogen (secondary N) is 1. The third kappa shape index (κ3) is 4.60. The fraction of sp³-hybridized carbons (Fsp3) is 0.429. The summed E-state index contributed by atoms with van der Waals surface area (Å²) in [6.07, 6.45) is 3.05. The van der Waals surface area contributed by atoms with Crippen LogP contribution in [0.3, 0.4) is 0 Å². The maximum absolute atomic E-state index is 5.52. The van der Waals surface area contributed by atoms with Gasteiger partial charge in [0.25, 0.3) is 0 Å². The number of hydrogen-bond acceptors (Lipinski definition) is 2. The van der Waals surface area contributed by atoms with E-state index < -0.39 is 0 Å². The number of hydrazine groups is 1. The second-order valence-electron chi connectivity index (χ2n) is 4.55. The van der Waals surface area contributed by atoms with E-state index >= 15 is 0 Å². The predicted octanol–water partition coefficient (Wildman–Crippen LogP) is 2.73. The average Bonchev–Trinajstić information content (AvgIpc) is 2.26. The highest BCUT2D eigenvalue weighted by molar-refractivity contribution is 5.21. The van der Waals surface area contributed by atoms with Crippen molar-refractivity contribution in [1.82, 2.24) is 5.43 Å². The molecule has 0 bridgehead atoms. The van der Waals surface area contributed by atoms with Crippen molar-refractivity contribution in [2.24, 2.45) is 5.84 Å². The van der Waals surface area contributed by atoms with Gasteiger partial charge in [-0.2, -0.15) is 0 Å². The molecule has 1 aromatic rings. The fourth-order valence-electron chi connectivity index (χ4n) is 1.76. The summed E-state index contributed by atoms with van der Waals surface area (Å²) < 4.78 is 0. The fourth-order valence-corrected chi connectivity index (χ4v) is 1.76. The third-order valence-electron chi connectivity index (χ3n) is 2.73. The van der Waals surface area contributed by atoms with E-state index in [0.29, 0.717) is 6.04 Å². The summed E-state index contributed by atoms with van der Waals surface area (Å²) in [5.74, 6) is 5.52. The van der Waals surface area contributed by atoms with Gasteiger partial charge in [0, 0.05) is 6.04 Å². The first kappa shape index (κ1) is 12.9. The Labute approximate surface area is 98.5 Å². The van der Waals surface area contributed by atoms with Crippen LogP contribution in [-0.2, 0) is 6.42 Å². The van der Waals surface area contributed by atoms with Gasteiger partial charge in [-0.15, -0.1) is 6.58 Å². The minimum Gasteiger partial charge on any atom is -0.271 e. The van der Waals surface area contributed by atoms with E-state index in [9.17, 15) is 0 Å². The monoisotopic (exact) mass is 218 g/mol. The van der Waals surface area contributed by atoms with Gasteiger partial charge in [-0.25, -0.2) is 0 Å². The van der Waals surface area contributed by atoms with Crippen LogP contribution in [0, 0.1) is 6.92 Å². The van der Waals surface area contributed by atoms with Crippen molar-refractivity contribution in [3.8, 4) is 0 Å². The average molecular weight is 218 g/mol. The first-order valence-electron chi connectivity index (χ1n) is 5.78. The zero-order valence-electron chi connectivity index (χ0n) is 10.3. The van der Waals surface area contributed by atoms with E-state index in [0.717, 1.165) is 19.3 Å². The molecule has 3 N–H and O–H groups in total. The Morgan fingerprint density at radius 2 is 2.00 bits per heavy atom. The van der Waals surface area contributed by atoms with E-state index in [1.807, 2.05) is 6.92 Å². The quantitative estimate of drug-likeness (QED) is 0.438. The minimum atomic E-state index is 0.332. The lowest BCUT2D eigenvalue weighted by atomic mass is 10.0. The third-order valence-corrected chi connectivity index (χ3v) is 2.73. The summed E-state index contributed by atoms with van der Waals surface area (Å²) in [5, 5.41) is 0. The highest BCUT2D eigenvalue weighted by atomic mass is 15.2. The van der Waals surface area contributed by atoms with Crippen molar-refractivity contribution in [2.45, 2.75) is 39.2 Å². The Morgan fingerprint density at radius 1 is 1.38 bits per heavy atom. The molecule has 0 aromatic heterocycles. The van der Waals surface area contributed by atoms with Gasteiger partial charge in [-0.1, -0.05) is 35.4 Å². The van der Waals surface area contributed by atoms with Crippen molar-refractivity contribution >= 4 is 0 Å². The van der Waals surface area contributed by atoms with Crippen LogP contribution in [0.1, 0.15) is 30.9 Å². The van der Waals surface area contributed by atoms with Crippen LogP contribution in [0.2, 0.25) is 0 Å². The van der Waals surface area contributed by atoms with Crippen molar-refractivity contribution in [3.05, 3.63) is 47.5 Å². The molecule has 1 rings (SSSR count). The molecule has 0 aliphatic rings. The zero-order valence-corrected chi connectivity index (χ0v) is 10.3. The minimum absolute atomic E-state index is 0.332. The van der Waals surface area contributed by atoms with E-state index in [-0.39, 0.29) is 0 Å². The van der Waals surface area contributed by atoms with Crippen molar-refractivity contribution in [3.63, 3.8) is 0 Å². The van der Waals surface area contributed by atoms with Crippen LogP contribution in [0.25, 0.3) is 0 Å². The summed E-state index contributed by atoms with van der Waals surface area (Å²) in [4.78, 5) is 0. The van der Waals surface area contributed by atoms with Gasteiger partial charge in [-0.05, 0) is 38.7 Å². The largest absolute Gasteiger partial charge is 0.271 e. The smallest absolute Gasteiger partial charge is 0.0250 e. The topological polar surface area (TPSA) is 38.0 Å². The zero-order chi connectivity index (χ0) is 12.0. The SMILES string of the molecule is C=C(C)CC(CCc1ccc(C)cc1)NN. The van der Waals surface area contributed by atoms with Crippen molar-refractivity contribution in [1.29, 1.82) is 0 Å². The molecular weight excluding hydrogens is 196 g/mol. The van der Waals surface area contributed by atoms with Gasteiger partial charge in [0.1, 0.15) is 0 Å². The standard InChI is InChI=1S/C14H22N2/c1-11(2)10-14(16-15)9-8-13-6-4-12(3)5-7-13/h4-7,14,16H,1,8-10,15H2,2-3H3. The highest BCUT2D eigenvalue weighted by Gasteiger charge is 2.06. The Bertz CT molecular complexity index is 327. The van der Waals surface area contributed by atoms with Gasteiger partial charge < -0.3 is 0 Å². The first-order valence-corrected chi connectivity index (χ1v) is 5.78. The number of nitrogens with two attached hydrogens (primary N) is 1. The number of rotatable bonds is 6. The Balaban J connectivity index is 2.43. The van der Waals surface area contributed by atoms with Gasteiger partial charge in [-0.3, -0.25) is 11.3 Å². The second-order valence-corrected chi connectivity index (χ2v) is 4.55. The highest BCUT2D eigenvalue weighted by Crippen LogP contribution is 2.11. The second kappa shape index (κ2) is 6.46. The van der Waals surface area contributed by atoms with Gasteiger partial charge in [0.05, 0.1) is 0 Å². The van der Waals surface area contributed by atoms with Gasteiger partial charge in [0.15, 0.2) is 0 Å². The first-order chi connectivity index (χ1) is 7.61. The molecule has 0 aliphatic carbocycles. The number of benzene rings is 1. The van der Waals surface area contributed by atoms with Gasteiger partial charge in [0.2, 0.25) is 0 Å². The Hall–Kier alpha value is -1.12. The van der Waals surface area contributed by atoms with Crippen LogP contribution in [0.5, 0.6) is 0 Å². The van der Waals surface area contributed by atoms with E-state index in [1.165, 1.54) is 16.7 Å². The lowest BCUT2D eigenvalue weighted by Crippen LogP contribution is -2.35. The lowest BCUT2D eigenvalue weighted by Gasteiger charge is -2.15. The van der Waals surface area contributed by atoms with Crippen LogP contribution in [0.15, 0.2) is 36.4 Å². The maximum atomic E-state index is 5.52.